The quantitative estimate of drug-likeness (QED) is 0.803. The van der Waals surface area contributed by atoms with Gasteiger partial charge in [0, 0.05) is 37.2 Å². The van der Waals surface area contributed by atoms with Crippen molar-refractivity contribution < 1.29 is 29.3 Å². The van der Waals surface area contributed by atoms with Crippen LogP contribution >= 0.6 is 0 Å². The second-order valence-corrected chi connectivity index (χ2v) is 6.52. The summed E-state index contributed by atoms with van der Waals surface area (Å²) in [5, 5.41) is 18.9. The van der Waals surface area contributed by atoms with E-state index in [2.05, 4.69) is 0 Å². The summed E-state index contributed by atoms with van der Waals surface area (Å²) in [7, 11) is 1.47. The van der Waals surface area contributed by atoms with Crippen molar-refractivity contribution >= 4 is 11.9 Å². The number of hydrogen-bond donors (Lipinski definition) is 2. The molecule has 2 aliphatic heterocycles. The van der Waals surface area contributed by atoms with Crippen LogP contribution in [0, 0.1) is 5.92 Å². The van der Waals surface area contributed by atoms with Gasteiger partial charge in [-0.1, -0.05) is 0 Å². The molecule has 1 aromatic carbocycles. The molecule has 2 saturated heterocycles. The standard InChI is InChI=1S/C17H22N2O6/c1-24-15-3-12(2-14(20)4-15)17(23)19-6-11-5-18(8-16(21)22)7-13(19)10-25-9-11/h2-4,11,13,20H,5-10H2,1H3,(H,21,22)/t11-,13-/m0/s1. The van der Waals surface area contributed by atoms with Crippen LogP contribution in [-0.4, -0.2) is 84.4 Å². The lowest BCUT2D eigenvalue weighted by atomic mass is 10.1. The maximum atomic E-state index is 13.0. The number of hydrogen-bond acceptors (Lipinski definition) is 6. The Bertz CT molecular complexity index is 665. The van der Waals surface area contributed by atoms with Crippen molar-refractivity contribution in [3.05, 3.63) is 23.8 Å². The second-order valence-electron chi connectivity index (χ2n) is 6.52. The summed E-state index contributed by atoms with van der Waals surface area (Å²) < 4.78 is 10.8. The van der Waals surface area contributed by atoms with Crippen LogP contribution in [0.2, 0.25) is 0 Å². The fourth-order valence-electron chi connectivity index (χ4n) is 3.50. The number of rotatable bonds is 4. The van der Waals surface area contributed by atoms with Gasteiger partial charge < -0.3 is 24.6 Å². The van der Waals surface area contributed by atoms with Crippen molar-refractivity contribution in [1.29, 1.82) is 0 Å². The summed E-state index contributed by atoms with van der Waals surface area (Å²) >= 11 is 0. The zero-order valence-electron chi connectivity index (χ0n) is 14.1. The highest BCUT2D eigenvalue weighted by atomic mass is 16.5. The highest BCUT2D eigenvalue weighted by Gasteiger charge is 2.36. The number of phenolic OH excluding ortho intramolecular Hbond substituents is 1. The van der Waals surface area contributed by atoms with Crippen LogP contribution in [0.25, 0.3) is 0 Å². The predicted molar refractivity (Wildman–Crippen MR) is 87.9 cm³/mol. The molecular weight excluding hydrogens is 328 g/mol. The molecule has 136 valence electrons. The van der Waals surface area contributed by atoms with Crippen molar-refractivity contribution in [1.82, 2.24) is 9.80 Å². The lowest BCUT2D eigenvalue weighted by Gasteiger charge is -2.30. The van der Waals surface area contributed by atoms with Crippen LogP contribution in [-0.2, 0) is 9.53 Å². The topological polar surface area (TPSA) is 99.5 Å². The minimum atomic E-state index is -0.878. The summed E-state index contributed by atoms with van der Waals surface area (Å²) in [6, 6.07) is 4.21. The van der Waals surface area contributed by atoms with E-state index in [-0.39, 0.29) is 30.2 Å². The molecule has 0 unspecified atom stereocenters. The first kappa shape index (κ1) is 17.5. The molecule has 1 aromatic rings. The first-order chi connectivity index (χ1) is 12.0. The Hall–Kier alpha value is -2.32. The third-order valence-electron chi connectivity index (χ3n) is 4.54. The Morgan fingerprint density at radius 1 is 1.24 bits per heavy atom. The van der Waals surface area contributed by atoms with Gasteiger partial charge in [0.25, 0.3) is 5.91 Å². The number of carbonyl (C=O) groups excluding carboxylic acids is 1. The number of carbonyl (C=O) groups is 2. The third kappa shape index (κ3) is 4.02. The van der Waals surface area contributed by atoms with Gasteiger partial charge in [-0.05, 0) is 12.1 Å². The maximum absolute atomic E-state index is 13.0. The fraction of sp³-hybridized carbons (Fsp3) is 0.529. The minimum absolute atomic E-state index is 0.0377. The molecule has 0 aliphatic carbocycles. The molecule has 0 aromatic heterocycles. The number of carboxylic acids is 1. The Balaban J connectivity index is 1.85. The monoisotopic (exact) mass is 350 g/mol. The SMILES string of the molecule is COc1cc(O)cc(C(=O)N2C[C@H]3COC[C@@H]2CN(CC(=O)O)C3)c1. The van der Waals surface area contributed by atoms with Crippen molar-refractivity contribution in [2.24, 2.45) is 5.92 Å². The largest absolute Gasteiger partial charge is 0.508 e. The fourth-order valence-corrected chi connectivity index (χ4v) is 3.50. The first-order valence-corrected chi connectivity index (χ1v) is 8.17. The summed E-state index contributed by atoms with van der Waals surface area (Å²) in [5.74, 6) is -0.674. The lowest BCUT2D eigenvalue weighted by molar-refractivity contribution is -0.138. The minimum Gasteiger partial charge on any atom is -0.508 e. The number of ether oxygens (including phenoxy) is 2. The van der Waals surface area contributed by atoms with Gasteiger partial charge in [0.05, 0.1) is 32.9 Å². The summed E-state index contributed by atoms with van der Waals surface area (Å²) in [6.45, 7) is 2.35. The van der Waals surface area contributed by atoms with Gasteiger partial charge >= 0.3 is 5.97 Å². The van der Waals surface area contributed by atoms with Gasteiger partial charge in [-0.25, -0.2) is 0 Å². The lowest BCUT2D eigenvalue weighted by Crippen LogP contribution is -2.47. The molecule has 3 rings (SSSR count). The highest BCUT2D eigenvalue weighted by Crippen LogP contribution is 2.26. The number of methoxy groups -OCH3 is 1. The molecule has 2 N–H and O–H groups in total. The molecule has 2 fully saturated rings. The zero-order chi connectivity index (χ0) is 18.0. The predicted octanol–water partition coefficient (Wildman–Crippen LogP) is 0.258. The average Bonchev–Trinajstić information content (AvgIpc) is 2.83. The Morgan fingerprint density at radius 2 is 2.04 bits per heavy atom. The third-order valence-corrected chi connectivity index (χ3v) is 4.54. The Labute approximate surface area is 145 Å². The number of benzene rings is 1. The molecule has 0 radical (unpaired) electrons. The normalized spacial score (nSPS) is 23.8. The maximum Gasteiger partial charge on any atom is 0.317 e. The van der Waals surface area contributed by atoms with Crippen LogP contribution in [0.5, 0.6) is 11.5 Å². The number of carboxylic acid groups (broad SMARTS) is 1. The van der Waals surface area contributed by atoms with Crippen LogP contribution in [0.15, 0.2) is 18.2 Å². The van der Waals surface area contributed by atoms with Crippen molar-refractivity contribution in [2.75, 3.05) is 46.5 Å². The summed E-state index contributed by atoms with van der Waals surface area (Å²) in [4.78, 5) is 27.7. The number of amides is 1. The van der Waals surface area contributed by atoms with Crippen LogP contribution in [0.3, 0.4) is 0 Å². The van der Waals surface area contributed by atoms with Gasteiger partial charge in [-0.15, -0.1) is 0 Å². The van der Waals surface area contributed by atoms with E-state index in [1.807, 2.05) is 4.90 Å². The number of aromatic hydroxyl groups is 1. The van der Waals surface area contributed by atoms with E-state index in [1.165, 1.54) is 19.2 Å². The van der Waals surface area contributed by atoms with Crippen LogP contribution in [0.4, 0.5) is 0 Å². The van der Waals surface area contributed by atoms with E-state index in [4.69, 9.17) is 14.6 Å². The molecular formula is C17H22N2O6. The molecule has 2 heterocycles. The number of aliphatic carboxylic acids is 1. The Kier molecular flexibility index (Phi) is 5.10. The second kappa shape index (κ2) is 7.28. The molecule has 25 heavy (non-hydrogen) atoms. The van der Waals surface area contributed by atoms with Crippen molar-refractivity contribution in [2.45, 2.75) is 6.04 Å². The number of nitrogens with zero attached hydrogens (tertiary/aromatic N) is 2. The van der Waals surface area contributed by atoms with E-state index >= 15 is 0 Å². The number of fused-ring (bicyclic) bond motifs is 3. The van der Waals surface area contributed by atoms with Crippen molar-refractivity contribution in [3.8, 4) is 11.5 Å². The van der Waals surface area contributed by atoms with E-state index in [0.29, 0.717) is 44.2 Å². The van der Waals surface area contributed by atoms with Gasteiger partial charge in [-0.2, -0.15) is 0 Å². The first-order valence-electron chi connectivity index (χ1n) is 8.17. The molecule has 8 nitrogen and oxygen atoms in total. The van der Waals surface area contributed by atoms with E-state index in [0.717, 1.165) is 0 Å². The van der Waals surface area contributed by atoms with Crippen LogP contribution in [0.1, 0.15) is 10.4 Å². The average molecular weight is 350 g/mol. The molecule has 0 saturated carbocycles. The van der Waals surface area contributed by atoms with E-state index in [9.17, 15) is 14.7 Å². The molecule has 0 spiro atoms. The van der Waals surface area contributed by atoms with Gasteiger partial charge in [0.2, 0.25) is 0 Å². The molecule has 2 aliphatic rings. The molecule has 1 amide bonds. The molecule has 8 heteroatoms. The Morgan fingerprint density at radius 3 is 2.76 bits per heavy atom. The van der Waals surface area contributed by atoms with E-state index < -0.39 is 5.97 Å². The van der Waals surface area contributed by atoms with Gasteiger partial charge in [0.15, 0.2) is 0 Å². The van der Waals surface area contributed by atoms with Gasteiger partial charge in [0.1, 0.15) is 11.5 Å². The van der Waals surface area contributed by atoms with Crippen molar-refractivity contribution in [3.63, 3.8) is 0 Å². The zero-order valence-corrected chi connectivity index (χ0v) is 14.1. The number of phenols is 1. The van der Waals surface area contributed by atoms with E-state index in [1.54, 1.807) is 11.0 Å². The highest BCUT2D eigenvalue weighted by molar-refractivity contribution is 5.95. The smallest absolute Gasteiger partial charge is 0.317 e. The summed E-state index contributed by atoms with van der Waals surface area (Å²) in [5.41, 5.74) is 0.342. The molecule has 2 bridgehead atoms. The molecule has 2 atom stereocenters. The van der Waals surface area contributed by atoms with Gasteiger partial charge in [-0.3, -0.25) is 14.5 Å². The summed E-state index contributed by atoms with van der Waals surface area (Å²) in [6.07, 6.45) is 0. The van der Waals surface area contributed by atoms with Crippen LogP contribution < -0.4 is 4.74 Å².